The Labute approximate surface area is 208 Å². The van der Waals surface area contributed by atoms with Crippen molar-refractivity contribution < 1.29 is 28.2 Å². The van der Waals surface area contributed by atoms with Crippen molar-refractivity contribution >= 4 is 17.5 Å². The molecule has 7 heteroatoms. The predicted molar refractivity (Wildman–Crippen MR) is 130 cm³/mol. The molecule has 6 nitrogen and oxygen atoms in total. The second-order valence-electron chi connectivity index (χ2n) is 9.09. The van der Waals surface area contributed by atoms with Gasteiger partial charge in [0.1, 0.15) is 24.1 Å². The van der Waals surface area contributed by atoms with Gasteiger partial charge in [-0.05, 0) is 60.4 Å². The van der Waals surface area contributed by atoms with Gasteiger partial charge in [0.25, 0.3) is 5.91 Å². The van der Waals surface area contributed by atoms with Gasteiger partial charge in [-0.1, -0.05) is 42.5 Å². The first-order valence-electron chi connectivity index (χ1n) is 12.0. The quantitative estimate of drug-likeness (QED) is 0.265. The summed E-state index contributed by atoms with van der Waals surface area (Å²) in [6, 6.07) is 21.1. The maximum absolute atomic E-state index is 13.4. The number of amides is 1. The number of Topliss-reactive ketones (excluding diaryl/α,β-unsaturated/α-hetero) is 2. The lowest BCUT2D eigenvalue weighted by molar-refractivity contribution is -0.141. The third kappa shape index (κ3) is 4.93. The molecule has 0 N–H and O–H groups in total. The van der Waals surface area contributed by atoms with Gasteiger partial charge in [-0.15, -0.1) is 0 Å². The minimum atomic E-state index is -1.22. The van der Waals surface area contributed by atoms with Gasteiger partial charge in [0.05, 0.1) is 12.1 Å². The van der Waals surface area contributed by atoms with Crippen LogP contribution in [0.2, 0.25) is 0 Å². The predicted octanol–water partition coefficient (Wildman–Crippen LogP) is 4.54. The molecule has 0 aliphatic carbocycles. The molecule has 0 saturated carbocycles. The number of benzene rings is 3. The Morgan fingerprint density at radius 2 is 1.69 bits per heavy atom. The lowest BCUT2D eigenvalue weighted by atomic mass is 9.86. The first-order chi connectivity index (χ1) is 17.5. The molecule has 184 valence electrons. The van der Waals surface area contributed by atoms with Crippen LogP contribution in [0.5, 0.6) is 5.75 Å². The molecule has 3 unspecified atom stereocenters. The molecule has 3 atom stereocenters. The van der Waals surface area contributed by atoms with Crippen LogP contribution in [-0.2, 0) is 20.9 Å². The van der Waals surface area contributed by atoms with Crippen LogP contribution in [0.3, 0.4) is 0 Å². The lowest BCUT2D eigenvalue weighted by Gasteiger charge is -2.29. The first-order valence-corrected chi connectivity index (χ1v) is 12.0. The van der Waals surface area contributed by atoms with Gasteiger partial charge in [0, 0.05) is 18.7 Å². The molecule has 2 heterocycles. The number of carbonyl (C=O) groups is 3. The summed E-state index contributed by atoms with van der Waals surface area (Å²) in [7, 11) is 0. The van der Waals surface area contributed by atoms with Crippen molar-refractivity contribution in [1.82, 2.24) is 4.90 Å². The highest BCUT2D eigenvalue weighted by Crippen LogP contribution is 2.39. The van der Waals surface area contributed by atoms with Gasteiger partial charge in [0.2, 0.25) is 5.78 Å². The molecule has 2 aliphatic rings. The minimum absolute atomic E-state index is 0.183. The molecule has 3 aromatic rings. The average molecular weight is 488 g/mol. The smallest absolute Gasteiger partial charge is 0.291 e. The number of rotatable bonds is 8. The van der Waals surface area contributed by atoms with E-state index in [4.69, 9.17) is 9.47 Å². The summed E-state index contributed by atoms with van der Waals surface area (Å²) in [5.74, 6) is -3.02. The molecule has 5 rings (SSSR count). The van der Waals surface area contributed by atoms with E-state index in [0.29, 0.717) is 24.5 Å². The Bertz CT molecular complexity index is 1240. The van der Waals surface area contributed by atoms with E-state index in [1.807, 2.05) is 30.3 Å². The maximum atomic E-state index is 13.4. The van der Waals surface area contributed by atoms with Gasteiger partial charge in [-0.25, -0.2) is 4.39 Å². The van der Waals surface area contributed by atoms with Gasteiger partial charge in [-0.3, -0.25) is 14.4 Å². The fourth-order valence-electron chi connectivity index (χ4n) is 4.86. The molecular weight excluding hydrogens is 461 g/mol. The zero-order valence-corrected chi connectivity index (χ0v) is 19.6. The van der Waals surface area contributed by atoms with E-state index in [2.05, 4.69) is 0 Å². The Hall–Kier alpha value is -3.84. The fraction of sp³-hybridized carbons (Fsp3) is 0.276. The molecule has 0 radical (unpaired) electrons. The number of hydrogen-bond donors (Lipinski definition) is 0. The van der Waals surface area contributed by atoms with Crippen molar-refractivity contribution in [2.24, 2.45) is 5.92 Å². The maximum Gasteiger partial charge on any atom is 0.291 e. The van der Waals surface area contributed by atoms with Crippen LogP contribution >= 0.6 is 0 Å². The van der Waals surface area contributed by atoms with Crippen LogP contribution in [0.25, 0.3) is 0 Å². The third-order valence-electron chi connectivity index (χ3n) is 6.71. The summed E-state index contributed by atoms with van der Waals surface area (Å²) in [5, 5.41) is 0. The van der Waals surface area contributed by atoms with Crippen LogP contribution in [0.4, 0.5) is 4.39 Å². The molecule has 2 aliphatic heterocycles. The van der Waals surface area contributed by atoms with Crippen molar-refractivity contribution in [2.75, 3.05) is 13.2 Å². The Kier molecular flexibility index (Phi) is 6.91. The van der Waals surface area contributed by atoms with E-state index in [-0.39, 0.29) is 18.2 Å². The molecule has 0 bridgehead atoms. The Balaban J connectivity index is 1.43. The van der Waals surface area contributed by atoms with E-state index in [9.17, 15) is 18.8 Å². The second kappa shape index (κ2) is 10.4. The topological polar surface area (TPSA) is 72.9 Å². The average Bonchev–Trinajstić information content (AvgIpc) is 3.51. The number of carbonyl (C=O) groups excluding carboxylic acids is 3. The summed E-state index contributed by atoms with van der Waals surface area (Å²) in [4.78, 5) is 41.1. The number of likely N-dealkylation sites (tertiary alicyclic amines) is 1. The number of halogens is 1. The highest BCUT2D eigenvalue weighted by molar-refractivity contribution is 6.44. The van der Waals surface area contributed by atoms with Crippen LogP contribution in [0.1, 0.15) is 40.4 Å². The lowest BCUT2D eigenvalue weighted by Crippen LogP contribution is -2.36. The number of ether oxygens (including phenoxy) is 2. The second-order valence-corrected chi connectivity index (χ2v) is 9.09. The number of hydrogen-bond acceptors (Lipinski definition) is 5. The molecule has 36 heavy (non-hydrogen) atoms. The zero-order valence-electron chi connectivity index (χ0n) is 19.6. The third-order valence-corrected chi connectivity index (χ3v) is 6.71. The molecular formula is C29H26FNO5. The summed E-state index contributed by atoms with van der Waals surface area (Å²) in [6.45, 7) is 1.24. The minimum Gasteiger partial charge on any atom is -0.489 e. The van der Waals surface area contributed by atoms with Gasteiger partial charge in [0.15, 0.2) is 5.78 Å². The summed E-state index contributed by atoms with van der Waals surface area (Å²) in [5.41, 5.74) is 1.87. The Morgan fingerprint density at radius 3 is 2.36 bits per heavy atom. The largest absolute Gasteiger partial charge is 0.489 e. The normalized spacial score (nSPS) is 21.7. The Morgan fingerprint density at radius 1 is 0.972 bits per heavy atom. The van der Waals surface area contributed by atoms with Gasteiger partial charge in [-0.2, -0.15) is 0 Å². The van der Waals surface area contributed by atoms with E-state index >= 15 is 0 Å². The van der Waals surface area contributed by atoms with E-state index in [1.165, 1.54) is 29.2 Å². The van der Waals surface area contributed by atoms with E-state index in [1.54, 1.807) is 24.3 Å². The highest BCUT2D eigenvalue weighted by atomic mass is 19.1. The molecule has 2 saturated heterocycles. The van der Waals surface area contributed by atoms with Gasteiger partial charge < -0.3 is 14.4 Å². The summed E-state index contributed by atoms with van der Waals surface area (Å²) < 4.78 is 25.0. The van der Waals surface area contributed by atoms with E-state index in [0.717, 1.165) is 18.4 Å². The number of nitrogens with zero attached hydrogens (tertiary/aromatic N) is 1. The van der Waals surface area contributed by atoms with Crippen LogP contribution in [0.15, 0.2) is 78.9 Å². The summed E-state index contributed by atoms with van der Waals surface area (Å²) >= 11 is 0. The molecule has 0 aromatic heterocycles. The van der Waals surface area contributed by atoms with Crippen molar-refractivity contribution in [2.45, 2.75) is 31.6 Å². The zero-order chi connectivity index (χ0) is 25.1. The number of ketones is 2. The monoisotopic (exact) mass is 487 g/mol. The van der Waals surface area contributed by atoms with Crippen molar-refractivity contribution in [1.29, 1.82) is 0 Å². The molecule has 3 aromatic carbocycles. The van der Waals surface area contributed by atoms with E-state index < -0.39 is 35.3 Å². The molecule has 2 fully saturated rings. The highest BCUT2D eigenvalue weighted by Gasteiger charge is 2.52. The van der Waals surface area contributed by atoms with Gasteiger partial charge >= 0.3 is 0 Å². The standard InChI is InChI=1S/C29H26FNO5/c30-22-12-8-21(9-13-22)27(32)25-26(31(29(34)28(25)33)17-24-7-4-16-35-24)20-10-14-23(15-11-20)36-18-19-5-2-1-3-6-19/h1-3,5-6,8-15,24-26H,4,7,16-18H2. The van der Waals surface area contributed by atoms with Crippen molar-refractivity contribution in [3.05, 3.63) is 101 Å². The van der Waals surface area contributed by atoms with Crippen molar-refractivity contribution in [3.8, 4) is 5.75 Å². The van der Waals surface area contributed by atoms with Crippen LogP contribution in [0, 0.1) is 11.7 Å². The molecule has 0 spiro atoms. The van der Waals surface area contributed by atoms with Crippen LogP contribution in [-0.4, -0.2) is 41.6 Å². The fourth-order valence-corrected chi connectivity index (χ4v) is 4.86. The first kappa shape index (κ1) is 23.9. The van der Waals surface area contributed by atoms with Crippen molar-refractivity contribution in [3.63, 3.8) is 0 Å². The summed E-state index contributed by atoms with van der Waals surface area (Å²) in [6.07, 6.45) is 1.49. The molecule has 1 amide bonds. The van der Waals surface area contributed by atoms with Crippen LogP contribution < -0.4 is 4.74 Å². The SMILES string of the molecule is O=C1C(=O)N(CC2CCCO2)C(c2ccc(OCc3ccccc3)cc2)C1C(=O)c1ccc(F)cc1.